The van der Waals surface area contributed by atoms with Crippen LogP contribution >= 0.6 is 0 Å². The van der Waals surface area contributed by atoms with E-state index in [9.17, 15) is 10.2 Å². The van der Waals surface area contributed by atoms with Gasteiger partial charge in [-0.2, -0.15) is 0 Å². The van der Waals surface area contributed by atoms with Crippen LogP contribution in [0, 0.1) is 46.3 Å². The number of aliphatic hydroxyl groups excluding tert-OH is 2. The zero-order valence-corrected chi connectivity index (χ0v) is 19.9. The monoisotopic (exact) mass is 404 g/mol. The average molecular weight is 405 g/mol. The molecule has 2 fully saturated rings. The zero-order valence-electron chi connectivity index (χ0n) is 19.9. The first-order chi connectivity index (χ1) is 13.8. The molecule has 3 rings (SSSR count). The van der Waals surface area contributed by atoms with E-state index in [4.69, 9.17) is 0 Å². The Morgan fingerprint density at radius 1 is 1.00 bits per heavy atom. The maximum atomic E-state index is 10.1. The SMILES string of the molecule is CC(C)CCC[C@H](C)[C@@H]1CC[C@@H]2[C@@H]3CC=C(CO)[C@](C)(CCCO)[C@@H]3CC[C@]21C. The first kappa shape index (κ1) is 23.3. The lowest BCUT2D eigenvalue weighted by Crippen LogP contribution is -2.49. The Kier molecular flexibility index (Phi) is 7.58. The first-order valence-corrected chi connectivity index (χ1v) is 12.7. The van der Waals surface area contributed by atoms with Gasteiger partial charge in [-0.15, -0.1) is 0 Å². The molecule has 3 aliphatic carbocycles. The van der Waals surface area contributed by atoms with Gasteiger partial charge in [0, 0.05) is 6.61 Å². The van der Waals surface area contributed by atoms with Crippen LogP contribution in [0.1, 0.15) is 98.8 Å². The van der Waals surface area contributed by atoms with E-state index in [1.165, 1.54) is 56.9 Å². The van der Waals surface area contributed by atoms with E-state index in [1.807, 2.05) is 0 Å². The topological polar surface area (TPSA) is 40.5 Å². The molecular formula is C27H48O2. The van der Waals surface area contributed by atoms with Crippen LogP contribution in [0.25, 0.3) is 0 Å². The van der Waals surface area contributed by atoms with Crippen LogP contribution in [-0.4, -0.2) is 23.4 Å². The first-order valence-electron chi connectivity index (χ1n) is 12.7. The molecule has 0 radical (unpaired) electrons. The van der Waals surface area contributed by atoms with Gasteiger partial charge in [-0.3, -0.25) is 0 Å². The summed E-state index contributed by atoms with van der Waals surface area (Å²) in [4.78, 5) is 0. The van der Waals surface area contributed by atoms with Crippen molar-refractivity contribution >= 4 is 0 Å². The summed E-state index contributed by atoms with van der Waals surface area (Å²) in [7, 11) is 0. The molecule has 2 nitrogen and oxygen atoms in total. The summed E-state index contributed by atoms with van der Waals surface area (Å²) in [5.74, 6) is 4.90. The largest absolute Gasteiger partial charge is 0.396 e. The smallest absolute Gasteiger partial charge is 0.0647 e. The van der Waals surface area contributed by atoms with Crippen LogP contribution in [0.3, 0.4) is 0 Å². The molecule has 168 valence electrons. The van der Waals surface area contributed by atoms with E-state index in [0.29, 0.717) is 11.3 Å². The van der Waals surface area contributed by atoms with Crippen molar-refractivity contribution in [2.45, 2.75) is 98.8 Å². The average Bonchev–Trinajstić information content (AvgIpc) is 3.03. The lowest BCUT2D eigenvalue weighted by molar-refractivity contribution is -0.0495. The Balaban J connectivity index is 1.75. The van der Waals surface area contributed by atoms with Crippen molar-refractivity contribution in [3.8, 4) is 0 Å². The summed E-state index contributed by atoms with van der Waals surface area (Å²) in [6.07, 6.45) is 15.1. The number of aliphatic hydroxyl groups is 2. The molecule has 0 amide bonds. The predicted octanol–water partition coefficient (Wildman–Crippen LogP) is 6.61. The van der Waals surface area contributed by atoms with Crippen LogP contribution in [-0.2, 0) is 0 Å². The summed E-state index contributed by atoms with van der Waals surface area (Å²) in [5, 5.41) is 19.5. The maximum Gasteiger partial charge on any atom is 0.0647 e. The van der Waals surface area contributed by atoms with Crippen LogP contribution in [0.2, 0.25) is 0 Å². The van der Waals surface area contributed by atoms with Crippen LogP contribution in [0.4, 0.5) is 0 Å². The zero-order chi connectivity index (χ0) is 21.2. The minimum atomic E-state index is 0.0860. The molecular weight excluding hydrogens is 356 g/mol. The van der Waals surface area contributed by atoms with Gasteiger partial charge in [-0.25, -0.2) is 0 Å². The minimum absolute atomic E-state index is 0.0860. The van der Waals surface area contributed by atoms with Gasteiger partial charge < -0.3 is 10.2 Å². The molecule has 0 unspecified atom stereocenters. The molecule has 0 spiro atoms. The quantitative estimate of drug-likeness (QED) is 0.425. The molecule has 0 saturated heterocycles. The summed E-state index contributed by atoms with van der Waals surface area (Å²) in [5.41, 5.74) is 1.86. The van der Waals surface area contributed by atoms with Gasteiger partial charge in [0.15, 0.2) is 0 Å². The fraction of sp³-hybridized carbons (Fsp3) is 0.926. The highest BCUT2D eigenvalue weighted by Crippen LogP contribution is 2.66. The second kappa shape index (κ2) is 9.43. The fourth-order valence-electron chi connectivity index (χ4n) is 8.22. The molecule has 7 atom stereocenters. The number of hydrogen-bond acceptors (Lipinski definition) is 2. The number of hydrogen-bond donors (Lipinski definition) is 2. The van der Waals surface area contributed by atoms with Gasteiger partial charge in [-0.1, -0.05) is 60.0 Å². The van der Waals surface area contributed by atoms with Crippen molar-refractivity contribution in [1.82, 2.24) is 0 Å². The maximum absolute atomic E-state index is 10.1. The van der Waals surface area contributed by atoms with Crippen molar-refractivity contribution in [3.05, 3.63) is 11.6 Å². The standard InChI is InChI=1S/C27H48O2/c1-19(2)8-6-9-20(3)23-12-13-24-22-11-10-21(18-29)26(4,15-7-17-28)25(22)14-16-27(23,24)5/h10,19-20,22-25,28-29H,6-9,11-18H2,1-5H3/t20-,22-,23-,24+,25+,26-,27-/m0/s1. The highest BCUT2D eigenvalue weighted by molar-refractivity contribution is 5.23. The summed E-state index contributed by atoms with van der Waals surface area (Å²) in [6.45, 7) is 12.7. The third-order valence-corrected chi connectivity index (χ3v) is 9.85. The molecule has 2 N–H and O–H groups in total. The Morgan fingerprint density at radius 2 is 1.76 bits per heavy atom. The second-order valence-corrected chi connectivity index (χ2v) is 11.8. The van der Waals surface area contributed by atoms with Gasteiger partial charge >= 0.3 is 0 Å². The molecule has 3 aliphatic rings. The number of rotatable bonds is 9. The highest BCUT2D eigenvalue weighted by atomic mass is 16.3. The van der Waals surface area contributed by atoms with Crippen LogP contribution < -0.4 is 0 Å². The summed E-state index contributed by atoms with van der Waals surface area (Å²) < 4.78 is 0. The molecule has 0 heterocycles. The predicted molar refractivity (Wildman–Crippen MR) is 123 cm³/mol. The Hall–Kier alpha value is -0.340. The lowest BCUT2D eigenvalue weighted by Gasteiger charge is -2.57. The molecule has 29 heavy (non-hydrogen) atoms. The highest BCUT2D eigenvalue weighted by Gasteiger charge is 2.58. The third kappa shape index (κ3) is 4.36. The van der Waals surface area contributed by atoms with Crippen molar-refractivity contribution in [3.63, 3.8) is 0 Å². The molecule has 2 saturated carbocycles. The Morgan fingerprint density at radius 3 is 2.41 bits per heavy atom. The molecule has 0 aromatic heterocycles. The van der Waals surface area contributed by atoms with Crippen molar-refractivity contribution in [2.75, 3.05) is 13.2 Å². The van der Waals surface area contributed by atoms with Crippen molar-refractivity contribution in [1.29, 1.82) is 0 Å². The molecule has 2 heteroatoms. The molecule has 0 bridgehead atoms. The molecule has 0 aromatic rings. The van der Waals surface area contributed by atoms with E-state index >= 15 is 0 Å². The van der Waals surface area contributed by atoms with Gasteiger partial charge in [0.05, 0.1) is 6.61 Å². The third-order valence-electron chi connectivity index (χ3n) is 9.85. The fourth-order valence-corrected chi connectivity index (χ4v) is 8.22. The Labute approximate surface area is 180 Å². The van der Waals surface area contributed by atoms with Gasteiger partial charge in [0.1, 0.15) is 0 Å². The van der Waals surface area contributed by atoms with E-state index < -0.39 is 0 Å². The minimum Gasteiger partial charge on any atom is -0.396 e. The normalized spacial score (nSPS) is 40.5. The molecule has 0 aliphatic heterocycles. The second-order valence-electron chi connectivity index (χ2n) is 11.8. The van der Waals surface area contributed by atoms with E-state index in [-0.39, 0.29) is 18.6 Å². The summed E-state index contributed by atoms with van der Waals surface area (Å²) in [6, 6.07) is 0. The lowest BCUT2D eigenvalue weighted by atomic mass is 9.48. The molecule has 0 aromatic carbocycles. The van der Waals surface area contributed by atoms with Gasteiger partial charge in [0.2, 0.25) is 0 Å². The number of fused-ring (bicyclic) bond motifs is 3. The van der Waals surface area contributed by atoms with Gasteiger partial charge in [-0.05, 0) is 96.9 Å². The van der Waals surface area contributed by atoms with E-state index in [1.54, 1.807) is 0 Å². The van der Waals surface area contributed by atoms with Crippen LogP contribution in [0.15, 0.2) is 11.6 Å². The van der Waals surface area contributed by atoms with E-state index in [2.05, 4.69) is 40.7 Å². The number of allylic oxidation sites excluding steroid dienone is 1. The van der Waals surface area contributed by atoms with Crippen molar-refractivity contribution < 1.29 is 10.2 Å². The van der Waals surface area contributed by atoms with Gasteiger partial charge in [0.25, 0.3) is 0 Å². The van der Waals surface area contributed by atoms with Crippen LogP contribution in [0.5, 0.6) is 0 Å². The van der Waals surface area contributed by atoms with Crippen molar-refractivity contribution in [2.24, 2.45) is 46.3 Å². The Bertz CT molecular complexity index is 567. The summed E-state index contributed by atoms with van der Waals surface area (Å²) >= 11 is 0. The van der Waals surface area contributed by atoms with E-state index in [0.717, 1.165) is 42.4 Å².